The average molecular weight is 831 g/mol. The summed E-state index contributed by atoms with van der Waals surface area (Å²) in [4.78, 5) is 25.4. The highest BCUT2D eigenvalue weighted by molar-refractivity contribution is 7.86. The standard InChI is InChI=1S/C50H86O7S/c1-3-5-7-9-11-13-15-17-19-21-23-25-27-29-31-33-35-37-39-44-56-49(51)46-42-41-43-47(58(53,54)55)48(46)50(52)57-45-40-38-36-34-32-30-28-26-24-22-20-18-16-14-12-10-8-6-4-2/h11-14,41-43H,3-10,15-40,44-45H2,1-2H3,(H,53,54,55)/b13-11+,14-12+. The maximum absolute atomic E-state index is 13.1. The van der Waals surface area contributed by atoms with Crippen LogP contribution in [0.5, 0.6) is 0 Å². The molecule has 1 N–H and O–H groups in total. The van der Waals surface area contributed by atoms with Crippen molar-refractivity contribution in [1.82, 2.24) is 0 Å². The monoisotopic (exact) mass is 831 g/mol. The Labute approximate surface area is 356 Å². The van der Waals surface area contributed by atoms with E-state index in [1.807, 2.05) is 0 Å². The molecule has 0 radical (unpaired) electrons. The number of hydrogen-bond acceptors (Lipinski definition) is 6. The van der Waals surface area contributed by atoms with E-state index in [1.165, 1.54) is 179 Å². The third-order valence-electron chi connectivity index (χ3n) is 11.0. The summed E-state index contributed by atoms with van der Waals surface area (Å²) in [6.07, 6.45) is 50.5. The van der Waals surface area contributed by atoms with Crippen molar-refractivity contribution in [3.05, 3.63) is 53.6 Å². The number of allylic oxidation sites excluding steroid dienone is 4. The highest BCUT2D eigenvalue weighted by atomic mass is 32.2. The van der Waals surface area contributed by atoms with Crippen molar-refractivity contribution in [2.75, 3.05) is 13.2 Å². The minimum absolute atomic E-state index is 0.110. The summed E-state index contributed by atoms with van der Waals surface area (Å²) in [5.41, 5.74) is -0.671. The fourth-order valence-corrected chi connectivity index (χ4v) is 8.07. The maximum Gasteiger partial charge on any atom is 0.340 e. The number of esters is 2. The smallest absolute Gasteiger partial charge is 0.340 e. The second-order valence-corrected chi connectivity index (χ2v) is 17.8. The van der Waals surface area contributed by atoms with Crippen LogP contribution in [-0.4, -0.2) is 38.1 Å². The Morgan fingerprint density at radius 2 is 0.776 bits per heavy atom. The average Bonchev–Trinajstić information content (AvgIpc) is 3.21. The first-order valence-corrected chi connectivity index (χ1v) is 25.5. The van der Waals surface area contributed by atoms with E-state index >= 15 is 0 Å². The number of benzene rings is 1. The van der Waals surface area contributed by atoms with Gasteiger partial charge in [0.05, 0.1) is 24.3 Å². The van der Waals surface area contributed by atoms with Gasteiger partial charge in [0.1, 0.15) is 4.90 Å². The van der Waals surface area contributed by atoms with Crippen molar-refractivity contribution in [3.63, 3.8) is 0 Å². The molecule has 0 unspecified atom stereocenters. The first-order chi connectivity index (χ1) is 28.3. The molecule has 1 aromatic rings. The SMILES string of the molecule is CCCCC/C=C/CCCCCCCCCCCCCCOC(=O)c1cccc(S(=O)(=O)O)c1C(=O)OCCCCCCCCCCCCCC/C=C/CCCCC. The van der Waals surface area contributed by atoms with Crippen molar-refractivity contribution in [3.8, 4) is 0 Å². The van der Waals surface area contributed by atoms with Gasteiger partial charge >= 0.3 is 11.9 Å². The molecule has 0 saturated heterocycles. The summed E-state index contributed by atoms with van der Waals surface area (Å²) in [5.74, 6) is -1.74. The van der Waals surface area contributed by atoms with Gasteiger partial charge in [0.25, 0.3) is 10.1 Å². The molecule has 0 amide bonds. The van der Waals surface area contributed by atoms with Crippen LogP contribution in [0.3, 0.4) is 0 Å². The van der Waals surface area contributed by atoms with Crippen LogP contribution in [-0.2, 0) is 19.6 Å². The number of ether oxygens (including phenoxy) is 2. The molecule has 7 nitrogen and oxygen atoms in total. The van der Waals surface area contributed by atoms with Crippen molar-refractivity contribution < 1.29 is 32.0 Å². The Bertz CT molecular complexity index is 1300. The summed E-state index contributed by atoms with van der Waals surface area (Å²) < 4.78 is 44.9. The van der Waals surface area contributed by atoms with Gasteiger partial charge in [-0.2, -0.15) is 8.42 Å². The Hall–Kier alpha value is -2.45. The molecule has 8 heteroatoms. The number of hydrogen-bond donors (Lipinski definition) is 1. The van der Waals surface area contributed by atoms with E-state index in [2.05, 4.69) is 38.2 Å². The van der Waals surface area contributed by atoms with Gasteiger partial charge in [-0.15, -0.1) is 0 Å². The molecule has 58 heavy (non-hydrogen) atoms. The predicted octanol–water partition coefficient (Wildman–Crippen LogP) is 15.7. The largest absolute Gasteiger partial charge is 0.462 e. The molecule has 1 aromatic carbocycles. The van der Waals surface area contributed by atoms with E-state index < -0.39 is 32.5 Å². The first kappa shape index (κ1) is 53.6. The molecule has 0 aliphatic rings. The summed E-state index contributed by atoms with van der Waals surface area (Å²) in [6, 6.07) is 3.77. The van der Waals surface area contributed by atoms with Crippen molar-refractivity contribution in [1.29, 1.82) is 0 Å². The molecule has 0 aliphatic heterocycles. The fourth-order valence-electron chi connectivity index (χ4n) is 7.37. The van der Waals surface area contributed by atoms with E-state index in [9.17, 15) is 22.6 Å². The second-order valence-electron chi connectivity index (χ2n) is 16.4. The van der Waals surface area contributed by atoms with E-state index in [1.54, 1.807) is 0 Å². The lowest BCUT2D eigenvalue weighted by atomic mass is 10.0. The van der Waals surface area contributed by atoms with Crippen LogP contribution in [0.1, 0.15) is 253 Å². The van der Waals surface area contributed by atoms with Crippen LogP contribution < -0.4 is 0 Å². The van der Waals surface area contributed by atoms with E-state index in [0.29, 0.717) is 12.8 Å². The van der Waals surface area contributed by atoms with Crippen LogP contribution in [0.4, 0.5) is 0 Å². The third-order valence-corrected chi connectivity index (χ3v) is 11.9. The zero-order valence-corrected chi connectivity index (χ0v) is 38.1. The van der Waals surface area contributed by atoms with Crippen LogP contribution in [0, 0.1) is 0 Å². The topological polar surface area (TPSA) is 107 Å². The van der Waals surface area contributed by atoms with Crippen LogP contribution in [0.25, 0.3) is 0 Å². The molecule has 0 fully saturated rings. The minimum Gasteiger partial charge on any atom is -0.462 e. The van der Waals surface area contributed by atoms with Crippen molar-refractivity contribution in [2.24, 2.45) is 0 Å². The van der Waals surface area contributed by atoms with Gasteiger partial charge < -0.3 is 9.47 Å². The van der Waals surface area contributed by atoms with Gasteiger partial charge in [-0.1, -0.05) is 198 Å². The molecular weight excluding hydrogens is 745 g/mol. The third kappa shape index (κ3) is 30.6. The summed E-state index contributed by atoms with van der Waals surface area (Å²) in [6.45, 7) is 4.78. The molecule has 0 aromatic heterocycles. The summed E-state index contributed by atoms with van der Waals surface area (Å²) >= 11 is 0. The Morgan fingerprint density at radius 1 is 0.466 bits per heavy atom. The van der Waals surface area contributed by atoms with Gasteiger partial charge in [0, 0.05) is 0 Å². The molecule has 0 bridgehead atoms. The molecule has 334 valence electrons. The van der Waals surface area contributed by atoms with Gasteiger partial charge in [-0.05, 0) is 76.3 Å². The lowest BCUT2D eigenvalue weighted by molar-refractivity contribution is 0.0446. The predicted molar refractivity (Wildman–Crippen MR) is 243 cm³/mol. The fraction of sp³-hybridized carbons (Fsp3) is 0.760. The molecular formula is C50H86O7S. The number of rotatable bonds is 41. The van der Waals surface area contributed by atoms with Crippen molar-refractivity contribution >= 4 is 22.1 Å². The van der Waals surface area contributed by atoms with E-state index in [4.69, 9.17) is 9.47 Å². The molecule has 0 spiro atoms. The highest BCUT2D eigenvalue weighted by Gasteiger charge is 2.28. The van der Waals surface area contributed by atoms with E-state index in [-0.39, 0.29) is 18.8 Å². The molecule has 0 aliphatic carbocycles. The Balaban J connectivity index is 2.17. The second kappa shape index (κ2) is 38.7. The van der Waals surface area contributed by atoms with Crippen LogP contribution in [0.15, 0.2) is 47.4 Å². The lowest BCUT2D eigenvalue weighted by Crippen LogP contribution is -2.19. The van der Waals surface area contributed by atoms with E-state index in [0.717, 1.165) is 44.6 Å². The zero-order valence-electron chi connectivity index (χ0n) is 37.3. The minimum atomic E-state index is -4.77. The van der Waals surface area contributed by atoms with Gasteiger partial charge in [-0.25, -0.2) is 9.59 Å². The molecule has 0 saturated carbocycles. The van der Waals surface area contributed by atoms with Crippen LogP contribution >= 0.6 is 0 Å². The highest BCUT2D eigenvalue weighted by Crippen LogP contribution is 2.23. The number of unbranched alkanes of at least 4 members (excludes halogenated alkanes) is 30. The lowest BCUT2D eigenvalue weighted by Gasteiger charge is -2.13. The van der Waals surface area contributed by atoms with Gasteiger partial charge in [-0.3, -0.25) is 4.55 Å². The normalized spacial score (nSPS) is 11.9. The quantitative estimate of drug-likeness (QED) is 0.0303. The van der Waals surface area contributed by atoms with Crippen molar-refractivity contribution in [2.45, 2.75) is 237 Å². The molecule has 0 heterocycles. The summed E-state index contributed by atoms with van der Waals surface area (Å²) in [7, 11) is -4.77. The van der Waals surface area contributed by atoms with Crippen LogP contribution in [0.2, 0.25) is 0 Å². The zero-order chi connectivity index (χ0) is 42.2. The Kier molecular flexibility index (Phi) is 35.8. The van der Waals surface area contributed by atoms with Gasteiger partial charge in [0.2, 0.25) is 0 Å². The van der Waals surface area contributed by atoms with Gasteiger partial charge in [0.15, 0.2) is 0 Å². The summed E-state index contributed by atoms with van der Waals surface area (Å²) in [5, 5.41) is 0. The Morgan fingerprint density at radius 3 is 1.12 bits per heavy atom. The number of carbonyl (C=O) groups is 2. The molecule has 0 atom stereocenters. The first-order valence-electron chi connectivity index (χ1n) is 24.1. The number of carbonyl (C=O) groups excluding carboxylic acids is 2. The molecule has 1 rings (SSSR count). The maximum atomic E-state index is 13.1.